The maximum absolute atomic E-state index is 12.4. The Morgan fingerprint density at radius 2 is 1.85 bits per heavy atom. The highest BCUT2D eigenvalue weighted by Gasteiger charge is 2.33. The van der Waals surface area contributed by atoms with Crippen LogP contribution in [0.3, 0.4) is 0 Å². The Labute approximate surface area is 152 Å². The molecule has 8 nitrogen and oxygen atoms in total. The van der Waals surface area contributed by atoms with Crippen molar-refractivity contribution in [3.63, 3.8) is 0 Å². The van der Waals surface area contributed by atoms with E-state index >= 15 is 0 Å². The van der Waals surface area contributed by atoms with Crippen LogP contribution in [0.2, 0.25) is 0 Å². The standard InChI is InChI=1S/C18H24N4O4/c1-20-4-6-21(7-5-20)18(24)19-13-10-17(23)22(12-13)14-2-3-15-16(11-14)26-9-8-25-15/h2-3,11,13H,4-10,12H2,1H3,(H,19,24)/t13-/m1/s1. The van der Waals surface area contributed by atoms with Crippen molar-refractivity contribution in [2.45, 2.75) is 12.5 Å². The van der Waals surface area contributed by atoms with Gasteiger partial charge >= 0.3 is 6.03 Å². The molecule has 0 saturated carbocycles. The SMILES string of the molecule is CN1CCN(C(=O)N[C@@H]2CC(=O)N(c3ccc4c(c3)OCCO4)C2)CC1. The fourth-order valence-corrected chi connectivity index (χ4v) is 3.53. The van der Waals surface area contributed by atoms with Gasteiger partial charge in [0.25, 0.3) is 0 Å². The van der Waals surface area contributed by atoms with Gasteiger partial charge in [-0.1, -0.05) is 0 Å². The van der Waals surface area contributed by atoms with Crippen LogP contribution < -0.4 is 19.7 Å². The van der Waals surface area contributed by atoms with Crippen molar-refractivity contribution < 1.29 is 19.1 Å². The Bertz CT molecular complexity index is 702. The van der Waals surface area contributed by atoms with Gasteiger partial charge in [0.05, 0.1) is 6.04 Å². The van der Waals surface area contributed by atoms with Gasteiger partial charge < -0.3 is 29.5 Å². The molecule has 3 amide bonds. The van der Waals surface area contributed by atoms with Crippen LogP contribution >= 0.6 is 0 Å². The zero-order valence-corrected chi connectivity index (χ0v) is 14.9. The number of rotatable bonds is 2. The van der Waals surface area contributed by atoms with Crippen molar-refractivity contribution in [3.8, 4) is 11.5 Å². The molecule has 0 spiro atoms. The molecule has 4 rings (SSSR count). The smallest absolute Gasteiger partial charge is 0.317 e. The third-order valence-electron chi connectivity index (χ3n) is 5.08. The van der Waals surface area contributed by atoms with E-state index in [0.717, 1.165) is 31.9 Å². The number of piperazine rings is 1. The third-order valence-corrected chi connectivity index (χ3v) is 5.08. The second kappa shape index (κ2) is 7.03. The van der Waals surface area contributed by atoms with Gasteiger partial charge in [0.2, 0.25) is 5.91 Å². The molecule has 0 unspecified atom stereocenters. The summed E-state index contributed by atoms with van der Waals surface area (Å²) in [6.45, 7) is 4.70. The Balaban J connectivity index is 1.38. The maximum Gasteiger partial charge on any atom is 0.317 e. The van der Waals surface area contributed by atoms with Crippen LogP contribution in [-0.4, -0.2) is 80.8 Å². The lowest BCUT2D eigenvalue weighted by atomic mass is 10.2. The number of carbonyl (C=O) groups is 2. The summed E-state index contributed by atoms with van der Waals surface area (Å²) in [5.41, 5.74) is 0.774. The first-order valence-electron chi connectivity index (χ1n) is 9.04. The molecule has 3 heterocycles. The van der Waals surface area contributed by atoms with Gasteiger partial charge in [-0.3, -0.25) is 4.79 Å². The largest absolute Gasteiger partial charge is 0.486 e. The van der Waals surface area contributed by atoms with Crippen molar-refractivity contribution in [2.75, 3.05) is 57.9 Å². The van der Waals surface area contributed by atoms with Crippen molar-refractivity contribution in [1.29, 1.82) is 0 Å². The highest BCUT2D eigenvalue weighted by atomic mass is 16.6. The summed E-state index contributed by atoms with van der Waals surface area (Å²) >= 11 is 0. The minimum Gasteiger partial charge on any atom is -0.486 e. The van der Waals surface area contributed by atoms with Crippen LogP contribution in [-0.2, 0) is 4.79 Å². The molecule has 140 valence electrons. The molecule has 0 bridgehead atoms. The molecular formula is C18H24N4O4. The molecule has 0 radical (unpaired) electrons. The summed E-state index contributed by atoms with van der Waals surface area (Å²) in [4.78, 5) is 30.6. The average molecular weight is 360 g/mol. The van der Waals surface area contributed by atoms with Gasteiger partial charge in [-0.15, -0.1) is 0 Å². The minimum absolute atomic E-state index is 0.00496. The molecule has 2 saturated heterocycles. The first-order chi connectivity index (χ1) is 12.6. The number of nitrogens with one attached hydrogen (secondary N) is 1. The summed E-state index contributed by atoms with van der Waals surface area (Å²) in [7, 11) is 2.05. The lowest BCUT2D eigenvalue weighted by molar-refractivity contribution is -0.117. The predicted octanol–water partition coefficient (Wildman–Crippen LogP) is 0.520. The molecule has 1 atom stereocenters. The lowest BCUT2D eigenvalue weighted by Gasteiger charge is -2.33. The Kier molecular flexibility index (Phi) is 4.58. The summed E-state index contributed by atoms with van der Waals surface area (Å²) in [5.74, 6) is 1.36. The molecule has 0 aliphatic carbocycles. The Morgan fingerprint density at radius 1 is 1.12 bits per heavy atom. The third kappa shape index (κ3) is 3.41. The second-order valence-corrected chi connectivity index (χ2v) is 6.97. The Morgan fingerprint density at radius 3 is 2.62 bits per heavy atom. The van der Waals surface area contributed by atoms with E-state index in [2.05, 4.69) is 17.3 Å². The molecule has 2 fully saturated rings. The molecule has 3 aliphatic heterocycles. The van der Waals surface area contributed by atoms with Gasteiger partial charge in [0.1, 0.15) is 13.2 Å². The van der Waals surface area contributed by atoms with E-state index in [1.54, 1.807) is 4.90 Å². The quantitative estimate of drug-likeness (QED) is 0.832. The molecule has 8 heteroatoms. The van der Waals surface area contributed by atoms with E-state index in [1.807, 2.05) is 23.1 Å². The van der Waals surface area contributed by atoms with E-state index in [4.69, 9.17) is 9.47 Å². The fourth-order valence-electron chi connectivity index (χ4n) is 3.53. The molecule has 1 aromatic carbocycles. The number of likely N-dealkylation sites (N-methyl/N-ethyl adjacent to an activating group) is 1. The van der Waals surface area contributed by atoms with Crippen molar-refractivity contribution in [1.82, 2.24) is 15.1 Å². The average Bonchev–Trinajstić information content (AvgIpc) is 3.02. The van der Waals surface area contributed by atoms with Crippen molar-refractivity contribution in [2.24, 2.45) is 0 Å². The molecule has 26 heavy (non-hydrogen) atoms. The van der Waals surface area contributed by atoms with Crippen LogP contribution in [0.5, 0.6) is 11.5 Å². The topological polar surface area (TPSA) is 74.4 Å². The number of ether oxygens (including phenoxy) is 2. The minimum atomic E-state index is -0.178. The van der Waals surface area contributed by atoms with Crippen LogP contribution in [0.25, 0.3) is 0 Å². The fraction of sp³-hybridized carbons (Fsp3) is 0.556. The number of hydrogen-bond donors (Lipinski definition) is 1. The number of anilines is 1. The number of amides is 3. The summed E-state index contributed by atoms with van der Waals surface area (Å²) in [5, 5.41) is 3.01. The number of hydrogen-bond acceptors (Lipinski definition) is 5. The molecule has 3 aliphatic rings. The second-order valence-electron chi connectivity index (χ2n) is 6.97. The van der Waals surface area contributed by atoms with Crippen LogP contribution in [0, 0.1) is 0 Å². The van der Waals surface area contributed by atoms with Crippen LogP contribution in [0.15, 0.2) is 18.2 Å². The van der Waals surface area contributed by atoms with E-state index in [0.29, 0.717) is 37.7 Å². The monoisotopic (exact) mass is 360 g/mol. The number of nitrogens with zero attached hydrogens (tertiary/aromatic N) is 3. The maximum atomic E-state index is 12.4. The van der Waals surface area contributed by atoms with Gasteiger partial charge in [0.15, 0.2) is 11.5 Å². The molecular weight excluding hydrogens is 336 g/mol. The number of urea groups is 1. The van der Waals surface area contributed by atoms with E-state index in [-0.39, 0.29) is 18.0 Å². The molecule has 1 aromatic rings. The van der Waals surface area contributed by atoms with E-state index in [9.17, 15) is 9.59 Å². The van der Waals surface area contributed by atoms with Crippen LogP contribution in [0.4, 0.5) is 10.5 Å². The Hall–Kier alpha value is -2.48. The number of benzene rings is 1. The highest BCUT2D eigenvalue weighted by molar-refractivity contribution is 5.97. The molecule has 1 N–H and O–H groups in total. The summed E-state index contributed by atoms with van der Waals surface area (Å²) in [6.07, 6.45) is 0.313. The zero-order valence-electron chi connectivity index (χ0n) is 14.9. The number of fused-ring (bicyclic) bond motifs is 1. The van der Waals surface area contributed by atoms with Gasteiger partial charge in [-0.05, 0) is 19.2 Å². The van der Waals surface area contributed by atoms with Crippen molar-refractivity contribution in [3.05, 3.63) is 18.2 Å². The lowest BCUT2D eigenvalue weighted by Crippen LogP contribution is -2.52. The zero-order chi connectivity index (χ0) is 18.1. The predicted molar refractivity (Wildman–Crippen MR) is 95.8 cm³/mol. The van der Waals surface area contributed by atoms with E-state index < -0.39 is 0 Å². The van der Waals surface area contributed by atoms with Gasteiger partial charge in [0, 0.05) is 50.9 Å². The van der Waals surface area contributed by atoms with Gasteiger partial charge in [-0.2, -0.15) is 0 Å². The number of carbonyl (C=O) groups excluding carboxylic acids is 2. The normalized spacial score (nSPS) is 23.3. The summed E-state index contributed by atoms with van der Waals surface area (Å²) in [6, 6.07) is 5.25. The highest BCUT2D eigenvalue weighted by Crippen LogP contribution is 2.35. The summed E-state index contributed by atoms with van der Waals surface area (Å²) < 4.78 is 11.1. The van der Waals surface area contributed by atoms with Gasteiger partial charge in [-0.25, -0.2) is 4.79 Å². The van der Waals surface area contributed by atoms with E-state index in [1.165, 1.54) is 0 Å². The molecule has 0 aromatic heterocycles. The van der Waals surface area contributed by atoms with Crippen molar-refractivity contribution >= 4 is 17.6 Å². The van der Waals surface area contributed by atoms with Crippen LogP contribution in [0.1, 0.15) is 6.42 Å². The first kappa shape index (κ1) is 17.0. The first-order valence-corrected chi connectivity index (χ1v) is 9.04.